The minimum atomic E-state index is -0.520. The molecule has 0 unspecified atom stereocenters. The molecule has 3 aromatic rings. The highest BCUT2D eigenvalue weighted by Crippen LogP contribution is 2.33. The minimum absolute atomic E-state index is 0.00921. The first-order valence-electron chi connectivity index (χ1n) is 9.69. The Hall–Kier alpha value is -3.56. The molecule has 0 atom stereocenters. The molecule has 2 heterocycles. The van der Waals surface area contributed by atoms with Gasteiger partial charge in [0.15, 0.2) is 5.82 Å². The zero-order valence-electron chi connectivity index (χ0n) is 18.3. The number of hydrogen-bond donors (Lipinski definition) is 2. The van der Waals surface area contributed by atoms with Gasteiger partial charge in [-0.2, -0.15) is 5.26 Å². The van der Waals surface area contributed by atoms with Crippen LogP contribution < -0.4 is 14.8 Å². The second-order valence-electron chi connectivity index (χ2n) is 6.50. The number of ether oxygens (including phenoxy) is 3. The number of thioether (sulfide) groups is 1. The van der Waals surface area contributed by atoms with Crippen molar-refractivity contribution in [2.75, 3.05) is 31.9 Å². The number of amides is 1. The summed E-state index contributed by atoms with van der Waals surface area (Å²) in [4.78, 5) is 29.2. The summed E-state index contributed by atoms with van der Waals surface area (Å²) >= 11 is 2.14. The Morgan fingerprint density at radius 2 is 1.94 bits per heavy atom. The van der Waals surface area contributed by atoms with E-state index in [4.69, 9.17) is 14.2 Å². The van der Waals surface area contributed by atoms with Crippen molar-refractivity contribution in [3.63, 3.8) is 0 Å². The number of benzene rings is 1. The van der Waals surface area contributed by atoms with Crippen LogP contribution in [0.3, 0.4) is 0 Å². The summed E-state index contributed by atoms with van der Waals surface area (Å²) in [5.74, 6) is 0.841. The number of nitrogens with one attached hydrogen (secondary N) is 2. The van der Waals surface area contributed by atoms with Gasteiger partial charge in [-0.3, -0.25) is 9.89 Å². The number of aromatic nitrogens is 3. The fraction of sp³-hybridized carbons (Fsp3) is 0.286. The number of thiophene rings is 1. The van der Waals surface area contributed by atoms with Crippen LogP contribution in [0.1, 0.15) is 27.7 Å². The molecule has 0 radical (unpaired) electrons. The molecule has 33 heavy (non-hydrogen) atoms. The van der Waals surface area contributed by atoms with Crippen LogP contribution in [-0.2, 0) is 9.53 Å². The van der Waals surface area contributed by atoms with Crippen molar-refractivity contribution in [2.24, 2.45) is 0 Å². The van der Waals surface area contributed by atoms with Crippen molar-refractivity contribution >= 4 is 40.0 Å². The number of hydrogen-bond acceptors (Lipinski definition) is 10. The normalized spacial score (nSPS) is 10.4. The van der Waals surface area contributed by atoms with Crippen molar-refractivity contribution in [3.8, 4) is 29.0 Å². The highest BCUT2D eigenvalue weighted by atomic mass is 32.2. The summed E-state index contributed by atoms with van der Waals surface area (Å²) in [6.45, 7) is 3.57. The van der Waals surface area contributed by atoms with Crippen LogP contribution in [-0.4, -0.2) is 53.6 Å². The van der Waals surface area contributed by atoms with Gasteiger partial charge in [-0.25, -0.2) is 9.78 Å². The Morgan fingerprint density at radius 3 is 2.55 bits per heavy atom. The SMILES string of the molecule is CCOC(=O)c1sc(NC(=O)CSc2n[nH]c(-c3cc(OC)cc(OC)c3)n2)c(C#N)c1C. The van der Waals surface area contributed by atoms with Crippen LogP contribution in [0.2, 0.25) is 0 Å². The minimum Gasteiger partial charge on any atom is -0.497 e. The van der Waals surface area contributed by atoms with Crippen molar-refractivity contribution in [1.29, 1.82) is 5.26 Å². The number of rotatable bonds is 9. The summed E-state index contributed by atoms with van der Waals surface area (Å²) in [6.07, 6.45) is 0. The van der Waals surface area contributed by atoms with Crippen molar-refractivity contribution < 1.29 is 23.8 Å². The third kappa shape index (κ3) is 5.63. The van der Waals surface area contributed by atoms with Gasteiger partial charge in [0.25, 0.3) is 0 Å². The molecule has 172 valence electrons. The number of H-pyrrole nitrogens is 1. The molecule has 2 N–H and O–H groups in total. The van der Waals surface area contributed by atoms with Gasteiger partial charge in [-0.05, 0) is 31.5 Å². The fourth-order valence-corrected chi connectivity index (χ4v) is 4.47. The molecule has 0 saturated carbocycles. The molecular weight excluding hydrogens is 466 g/mol. The average Bonchev–Trinajstić information content (AvgIpc) is 3.41. The lowest BCUT2D eigenvalue weighted by molar-refractivity contribution is -0.113. The Kier molecular flexibility index (Phi) is 7.92. The summed E-state index contributed by atoms with van der Waals surface area (Å²) < 4.78 is 15.5. The van der Waals surface area contributed by atoms with Gasteiger partial charge in [0.2, 0.25) is 11.1 Å². The molecule has 1 aromatic carbocycles. The van der Waals surface area contributed by atoms with E-state index in [1.807, 2.05) is 6.07 Å². The number of aromatic amines is 1. The lowest BCUT2D eigenvalue weighted by atomic mass is 10.2. The standard InChI is InChI=1S/C21H21N5O5S2/c1-5-31-20(28)17-11(2)15(9-22)19(33-17)23-16(27)10-32-21-24-18(25-26-21)12-6-13(29-3)8-14(7-12)30-4/h6-8H,5,10H2,1-4H3,(H,23,27)(H,24,25,26). The van der Waals surface area contributed by atoms with Gasteiger partial charge in [0, 0.05) is 11.6 Å². The van der Waals surface area contributed by atoms with Crippen LogP contribution >= 0.6 is 23.1 Å². The first-order chi connectivity index (χ1) is 15.9. The molecule has 0 bridgehead atoms. The fourth-order valence-electron chi connectivity index (χ4n) is 2.80. The molecular formula is C21H21N5O5S2. The second kappa shape index (κ2) is 10.8. The monoisotopic (exact) mass is 487 g/mol. The Morgan fingerprint density at radius 1 is 1.24 bits per heavy atom. The molecule has 0 saturated heterocycles. The molecule has 0 aliphatic rings. The molecule has 3 rings (SSSR count). The van der Waals surface area contributed by atoms with E-state index in [-0.39, 0.29) is 23.8 Å². The number of anilines is 1. The van der Waals surface area contributed by atoms with Gasteiger partial charge < -0.3 is 19.5 Å². The summed E-state index contributed by atoms with van der Waals surface area (Å²) in [5.41, 5.74) is 1.44. The number of carbonyl (C=O) groups is 2. The van der Waals surface area contributed by atoms with E-state index >= 15 is 0 Å². The quantitative estimate of drug-likeness (QED) is 0.342. The predicted octanol–water partition coefficient (Wildman–Crippen LogP) is 3.64. The number of esters is 1. The smallest absolute Gasteiger partial charge is 0.348 e. The Balaban J connectivity index is 1.67. The summed E-state index contributed by atoms with van der Waals surface area (Å²) in [7, 11) is 3.11. The lowest BCUT2D eigenvalue weighted by Gasteiger charge is -2.06. The lowest BCUT2D eigenvalue weighted by Crippen LogP contribution is -2.14. The molecule has 0 aliphatic carbocycles. The maximum Gasteiger partial charge on any atom is 0.348 e. The van der Waals surface area contributed by atoms with Crippen molar-refractivity contribution in [2.45, 2.75) is 19.0 Å². The summed E-state index contributed by atoms with van der Waals surface area (Å²) in [5, 5.41) is 19.8. The van der Waals surface area contributed by atoms with E-state index in [1.54, 1.807) is 46.3 Å². The van der Waals surface area contributed by atoms with E-state index in [1.165, 1.54) is 0 Å². The van der Waals surface area contributed by atoms with E-state index < -0.39 is 5.97 Å². The molecule has 12 heteroatoms. The first kappa shape index (κ1) is 24.1. The van der Waals surface area contributed by atoms with Crippen LogP contribution in [0, 0.1) is 18.3 Å². The number of methoxy groups -OCH3 is 2. The number of nitriles is 1. The Bertz CT molecular complexity index is 1190. The third-order valence-electron chi connectivity index (χ3n) is 4.39. The Labute approximate surface area is 198 Å². The van der Waals surface area contributed by atoms with Gasteiger partial charge in [0.05, 0.1) is 32.1 Å². The topological polar surface area (TPSA) is 139 Å². The maximum absolute atomic E-state index is 12.5. The number of nitrogens with zero attached hydrogens (tertiary/aromatic N) is 3. The van der Waals surface area contributed by atoms with Crippen LogP contribution in [0.4, 0.5) is 5.00 Å². The average molecular weight is 488 g/mol. The summed E-state index contributed by atoms with van der Waals surface area (Å²) in [6, 6.07) is 7.35. The van der Waals surface area contributed by atoms with E-state index in [0.717, 1.165) is 23.1 Å². The van der Waals surface area contributed by atoms with E-state index in [0.29, 0.717) is 43.5 Å². The highest BCUT2D eigenvalue weighted by Gasteiger charge is 2.22. The van der Waals surface area contributed by atoms with Crippen molar-refractivity contribution in [3.05, 3.63) is 34.2 Å². The van der Waals surface area contributed by atoms with Crippen LogP contribution in [0.25, 0.3) is 11.4 Å². The molecule has 1 amide bonds. The van der Waals surface area contributed by atoms with Crippen molar-refractivity contribution in [1.82, 2.24) is 15.2 Å². The predicted molar refractivity (Wildman–Crippen MR) is 124 cm³/mol. The van der Waals surface area contributed by atoms with Crippen LogP contribution in [0.5, 0.6) is 11.5 Å². The first-order valence-corrected chi connectivity index (χ1v) is 11.5. The largest absolute Gasteiger partial charge is 0.497 e. The number of carbonyl (C=O) groups excluding carboxylic acids is 2. The maximum atomic E-state index is 12.5. The van der Waals surface area contributed by atoms with Gasteiger partial charge in [0.1, 0.15) is 27.4 Å². The zero-order valence-corrected chi connectivity index (χ0v) is 20.0. The molecule has 10 nitrogen and oxygen atoms in total. The zero-order chi connectivity index (χ0) is 24.0. The molecule has 0 fully saturated rings. The van der Waals surface area contributed by atoms with Gasteiger partial charge in [-0.15, -0.1) is 16.4 Å². The third-order valence-corrected chi connectivity index (χ3v) is 6.43. The van der Waals surface area contributed by atoms with Gasteiger partial charge in [-0.1, -0.05) is 11.8 Å². The molecule has 0 spiro atoms. The second-order valence-corrected chi connectivity index (χ2v) is 8.46. The van der Waals surface area contributed by atoms with Crippen LogP contribution in [0.15, 0.2) is 23.4 Å². The van der Waals surface area contributed by atoms with E-state index in [2.05, 4.69) is 20.5 Å². The molecule has 2 aromatic heterocycles. The van der Waals surface area contributed by atoms with Gasteiger partial charge >= 0.3 is 5.97 Å². The highest BCUT2D eigenvalue weighted by molar-refractivity contribution is 7.99. The van der Waals surface area contributed by atoms with E-state index in [9.17, 15) is 14.9 Å². The molecule has 0 aliphatic heterocycles.